The van der Waals surface area contributed by atoms with Crippen molar-refractivity contribution in [3.05, 3.63) is 60.2 Å². The largest absolute Gasteiger partial charge is 0.348 e. The maximum Gasteiger partial charge on any atom is 0.251 e. The third kappa shape index (κ3) is 4.16. The number of hydrogen-bond donors (Lipinski definition) is 3. The van der Waals surface area contributed by atoms with Crippen LogP contribution in [-0.2, 0) is 0 Å². The highest BCUT2D eigenvalue weighted by atomic mass is 16.5. The van der Waals surface area contributed by atoms with Crippen LogP contribution in [0.3, 0.4) is 0 Å². The van der Waals surface area contributed by atoms with Gasteiger partial charge in [0.1, 0.15) is 0 Å². The standard InChI is InChI=1S/C18H22N2O2/c1-13(2)17(12-19-22)20-18(21)16-10-8-15(9-11-16)14-6-4-3-5-7-14/h3-11,13,17,19,22H,12H2,1-2H3,(H,20,21)/t17-/m1/s1. The molecule has 0 aliphatic heterocycles. The predicted octanol–water partition coefficient (Wildman–Crippen LogP) is 3.09. The van der Waals surface area contributed by atoms with Crippen LogP contribution in [-0.4, -0.2) is 23.7 Å². The first-order valence-corrected chi connectivity index (χ1v) is 7.45. The van der Waals surface area contributed by atoms with E-state index in [9.17, 15) is 4.79 Å². The fourth-order valence-electron chi connectivity index (χ4n) is 2.25. The van der Waals surface area contributed by atoms with Gasteiger partial charge in [-0.2, -0.15) is 0 Å². The van der Waals surface area contributed by atoms with Gasteiger partial charge in [-0.25, -0.2) is 5.48 Å². The Morgan fingerprint density at radius 3 is 2.14 bits per heavy atom. The molecular weight excluding hydrogens is 276 g/mol. The fourth-order valence-corrected chi connectivity index (χ4v) is 2.25. The van der Waals surface area contributed by atoms with Crippen molar-refractivity contribution < 1.29 is 10.0 Å². The molecule has 2 aromatic rings. The first kappa shape index (κ1) is 16.2. The lowest BCUT2D eigenvalue weighted by Gasteiger charge is -2.21. The van der Waals surface area contributed by atoms with E-state index in [1.807, 2.05) is 68.4 Å². The van der Waals surface area contributed by atoms with Gasteiger partial charge in [-0.15, -0.1) is 0 Å². The summed E-state index contributed by atoms with van der Waals surface area (Å²) < 4.78 is 0. The van der Waals surface area contributed by atoms with Crippen LogP contribution in [0, 0.1) is 5.92 Å². The van der Waals surface area contributed by atoms with Gasteiger partial charge < -0.3 is 10.5 Å². The molecule has 1 atom stereocenters. The molecule has 0 aromatic heterocycles. The van der Waals surface area contributed by atoms with Crippen LogP contribution < -0.4 is 10.8 Å². The Kier molecular flexibility index (Phi) is 5.69. The van der Waals surface area contributed by atoms with Crippen LogP contribution in [0.4, 0.5) is 0 Å². The highest BCUT2D eigenvalue weighted by Gasteiger charge is 2.16. The number of hydrogen-bond acceptors (Lipinski definition) is 3. The third-order valence-corrected chi connectivity index (χ3v) is 3.69. The minimum Gasteiger partial charge on any atom is -0.348 e. The summed E-state index contributed by atoms with van der Waals surface area (Å²) in [5, 5.41) is 11.8. The zero-order valence-corrected chi connectivity index (χ0v) is 12.9. The molecule has 4 nitrogen and oxygen atoms in total. The van der Waals surface area contributed by atoms with Crippen LogP contribution >= 0.6 is 0 Å². The smallest absolute Gasteiger partial charge is 0.251 e. The lowest BCUT2D eigenvalue weighted by molar-refractivity contribution is 0.0898. The lowest BCUT2D eigenvalue weighted by Crippen LogP contribution is -2.44. The minimum absolute atomic E-state index is 0.119. The molecule has 116 valence electrons. The topological polar surface area (TPSA) is 61.4 Å². The van der Waals surface area contributed by atoms with Gasteiger partial charge in [0.15, 0.2) is 0 Å². The van der Waals surface area contributed by atoms with Gasteiger partial charge in [0.05, 0.1) is 0 Å². The number of hydroxylamine groups is 1. The Bertz CT molecular complexity index is 594. The normalized spacial score (nSPS) is 12.2. The summed E-state index contributed by atoms with van der Waals surface area (Å²) in [7, 11) is 0. The molecule has 0 radical (unpaired) electrons. The van der Waals surface area contributed by atoms with E-state index in [1.165, 1.54) is 0 Å². The molecule has 2 aromatic carbocycles. The summed E-state index contributed by atoms with van der Waals surface area (Å²) in [5.41, 5.74) is 4.94. The van der Waals surface area contributed by atoms with Crippen molar-refractivity contribution in [2.45, 2.75) is 19.9 Å². The van der Waals surface area contributed by atoms with Crippen molar-refractivity contribution in [2.75, 3.05) is 6.54 Å². The zero-order chi connectivity index (χ0) is 15.9. The van der Waals surface area contributed by atoms with E-state index in [2.05, 4.69) is 10.8 Å². The summed E-state index contributed by atoms with van der Waals surface area (Å²) in [6.45, 7) is 4.33. The van der Waals surface area contributed by atoms with Crippen molar-refractivity contribution in [3.8, 4) is 11.1 Å². The lowest BCUT2D eigenvalue weighted by atomic mass is 10.0. The van der Waals surface area contributed by atoms with Crippen LogP contribution in [0.2, 0.25) is 0 Å². The Hall–Kier alpha value is -2.17. The van der Waals surface area contributed by atoms with Gasteiger partial charge in [-0.05, 0) is 29.2 Å². The van der Waals surface area contributed by atoms with Gasteiger partial charge in [-0.1, -0.05) is 56.3 Å². The average Bonchev–Trinajstić information content (AvgIpc) is 2.55. The number of rotatable bonds is 6. The van der Waals surface area contributed by atoms with Gasteiger partial charge in [0.25, 0.3) is 5.91 Å². The summed E-state index contributed by atoms with van der Waals surface area (Å²) in [5.74, 6) is 0.0979. The first-order valence-electron chi connectivity index (χ1n) is 7.45. The molecule has 0 aliphatic rings. The molecule has 0 spiro atoms. The maximum atomic E-state index is 12.3. The van der Waals surface area contributed by atoms with Crippen molar-refractivity contribution in [3.63, 3.8) is 0 Å². The van der Waals surface area contributed by atoms with Gasteiger partial charge in [0, 0.05) is 18.2 Å². The SMILES string of the molecule is CC(C)[C@@H](CNO)NC(=O)c1ccc(-c2ccccc2)cc1. The van der Waals surface area contributed by atoms with E-state index in [-0.39, 0.29) is 17.9 Å². The second kappa shape index (κ2) is 7.73. The van der Waals surface area contributed by atoms with E-state index in [0.717, 1.165) is 11.1 Å². The molecule has 0 aliphatic carbocycles. The van der Waals surface area contributed by atoms with Crippen LogP contribution in [0.25, 0.3) is 11.1 Å². The summed E-state index contributed by atoms with van der Waals surface area (Å²) in [4.78, 5) is 12.3. The Balaban J connectivity index is 2.08. The van der Waals surface area contributed by atoms with E-state index in [1.54, 1.807) is 0 Å². The molecular formula is C18H22N2O2. The molecule has 0 fully saturated rings. The minimum atomic E-state index is -0.131. The van der Waals surface area contributed by atoms with Crippen molar-refractivity contribution in [1.29, 1.82) is 0 Å². The van der Waals surface area contributed by atoms with E-state index >= 15 is 0 Å². The van der Waals surface area contributed by atoms with E-state index < -0.39 is 0 Å². The molecule has 1 amide bonds. The van der Waals surface area contributed by atoms with Crippen LogP contribution in [0.5, 0.6) is 0 Å². The van der Waals surface area contributed by atoms with Crippen LogP contribution in [0.1, 0.15) is 24.2 Å². The summed E-state index contributed by atoms with van der Waals surface area (Å²) >= 11 is 0. The molecule has 2 rings (SSSR count). The Labute approximate surface area is 131 Å². The average molecular weight is 298 g/mol. The number of benzene rings is 2. The Morgan fingerprint density at radius 2 is 1.59 bits per heavy atom. The second-order valence-electron chi connectivity index (χ2n) is 5.63. The Morgan fingerprint density at radius 1 is 1.00 bits per heavy atom. The zero-order valence-electron chi connectivity index (χ0n) is 12.9. The van der Waals surface area contributed by atoms with Crippen molar-refractivity contribution in [2.24, 2.45) is 5.92 Å². The highest BCUT2D eigenvalue weighted by molar-refractivity contribution is 5.94. The van der Waals surface area contributed by atoms with Crippen molar-refractivity contribution >= 4 is 5.91 Å². The van der Waals surface area contributed by atoms with Crippen molar-refractivity contribution in [1.82, 2.24) is 10.8 Å². The predicted molar refractivity (Wildman–Crippen MR) is 87.8 cm³/mol. The monoisotopic (exact) mass is 298 g/mol. The fraction of sp³-hybridized carbons (Fsp3) is 0.278. The quantitative estimate of drug-likeness (QED) is 0.718. The molecule has 3 N–H and O–H groups in total. The summed E-state index contributed by atoms with van der Waals surface area (Å²) in [6, 6.07) is 17.4. The number of nitrogens with one attached hydrogen (secondary N) is 2. The number of amides is 1. The third-order valence-electron chi connectivity index (χ3n) is 3.69. The highest BCUT2D eigenvalue weighted by Crippen LogP contribution is 2.19. The first-order chi connectivity index (χ1) is 10.6. The molecule has 0 saturated carbocycles. The maximum absolute atomic E-state index is 12.3. The molecule has 0 bridgehead atoms. The molecule has 0 heterocycles. The van der Waals surface area contributed by atoms with E-state index in [0.29, 0.717) is 12.1 Å². The van der Waals surface area contributed by atoms with Gasteiger partial charge in [0.2, 0.25) is 0 Å². The molecule has 22 heavy (non-hydrogen) atoms. The molecule has 0 saturated heterocycles. The summed E-state index contributed by atoms with van der Waals surface area (Å²) in [6.07, 6.45) is 0. The number of carbonyl (C=O) groups is 1. The van der Waals surface area contributed by atoms with Crippen LogP contribution in [0.15, 0.2) is 54.6 Å². The number of carbonyl (C=O) groups excluding carboxylic acids is 1. The molecule has 4 heteroatoms. The molecule has 0 unspecified atom stereocenters. The van der Waals surface area contributed by atoms with E-state index in [4.69, 9.17) is 5.21 Å². The van der Waals surface area contributed by atoms with Gasteiger partial charge in [-0.3, -0.25) is 4.79 Å². The second-order valence-corrected chi connectivity index (χ2v) is 5.63. The van der Waals surface area contributed by atoms with Gasteiger partial charge >= 0.3 is 0 Å².